The van der Waals surface area contributed by atoms with Gasteiger partial charge in [0.2, 0.25) is 0 Å². The van der Waals surface area contributed by atoms with Gasteiger partial charge in [-0.25, -0.2) is 9.97 Å². The number of ether oxygens (including phenoxy) is 1. The van der Waals surface area contributed by atoms with Gasteiger partial charge in [-0.15, -0.1) is 0 Å². The Balaban J connectivity index is 1.79. The second-order valence-electron chi connectivity index (χ2n) is 5.88. The van der Waals surface area contributed by atoms with Crippen LogP contribution in [0.2, 0.25) is 5.02 Å². The zero-order chi connectivity index (χ0) is 16.3. The van der Waals surface area contributed by atoms with E-state index < -0.39 is 5.60 Å². The number of hydrogen-bond acceptors (Lipinski definition) is 5. The molecule has 1 aliphatic rings. The summed E-state index contributed by atoms with van der Waals surface area (Å²) in [6.45, 7) is 3.71. The molecule has 0 bridgehead atoms. The average molecular weight is 334 g/mol. The van der Waals surface area contributed by atoms with Crippen molar-refractivity contribution in [2.45, 2.75) is 18.9 Å². The summed E-state index contributed by atoms with van der Waals surface area (Å²) in [5.74, 6) is 1.61. The van der Waals surface area contributed by atoms with E-state index in [0.717, 1.165) is 23.8 Å². The van der Waals surface area contributed by atoms with Gasteiger partial charge in [0.1, 0.15) is 17.2 Å². The van der Waals surface area contributed by atoms with E-state index in [1.54, 1.807) is 6.20 Å². The van der Waals surface area contributed by atoms with Crippen molar-refractivity contribution in [1.82, 2.24) is 9.97 Å². The average Bonchev–Trinajstić information content (AvgIpc) is 2.57. The Hall–Kier alpha value is -1.69. The number of aliphatic hydroxyl groups is 1. The van der Waals surface area contributed by atoms with Crippen molar-refractivity contribution in [1.29, 1.82) is 0 Å². The fraction of sp³-hybridized carbons (Fsp3) is 0.412. The second-order valence-corrected chi connectivity index (χ2v) is 6.31. The monoisotopic (exact) mass is 333 g/mol. The van der Waals surface area contributed by atoms with Crippen LogP contribution in [-0.4, -0.2) is 47.0 Å². The number of aryl methyl sites for hydroxylation is 1. The van der Waals surface area contributed by atoms with Gasteiger partial charge in [0.05, 0.1) is 19.8 Å². The van der Waals surface area contributed by atoms with Crippen LogP contribution in [0.5, 0.6) is 0 Å². The maximum absolute atomic E-state index is 9.97. The summed E-state index contributed by atoms with van der Waals surface area (Å²) < 4.78 is 5.96. The summed E-state index contributed by atoms with van der Waals surface area (Å²) in [5, 5.41) is 10.7. The summed E-state index contributed by atoms with van der Waals surface area (Å²) in [7, 11) is 0. The van der Waals surface area contributed by atoms with Crippen molar-refractivity contribution in [3.63, 3.8) is 0 Å². The number of aromatic nitrogens is 2. The van der Waals surface area contributed by atoms with Gasteiger partial charge in [-0.1, -0.05) is 23.7 Å². The number of rotatable bonds is 4. The minimum atomic E-state index is -0.634. The van der Waals surface area contributed by atoms with E-state index in [0.29, 0.717) is 24.6 Å². The topological polar surface area (TPSA) is 58.5 Å². The highest BCUT2D eigenvalue weighted by atomic mass is 35.5. The normalized spacial score (nSPS) is 21.4. The van der Waals surface area contributed by atoms with Gasteiger partial charge in [-0.3, -0.25) is 0 Å². The zero-order valence-electron chi connectivity index (χ0n) is 13.1. The highest BCUT2D eigenvalue weighted by molar-refractivity contribution is 6.30. The molecule has 5 nitrogen and oxygen atoms in total. The second kappa shape index (κ2) is 6.83. The van der Waals surface area contributed by atoms with Crippen molar-refractivity contribution >= 4 is 17.4 Å². The summed E-state index contributed by atoms with van der Waals surface area (Å²) in [5.41, 5.74) is 0.453. The van der Waals surface area contributed by atoms with Crippen molar-refractivity contribution in [3.05, 3.63) is 52.9 Å². The van der Waals surface area contributed by atoms with E-state index in [-0.39, 0.29) is 6.61 Å². The van der Waals surface area contributed by atoms with Crippen LogP contribution in [-0.2, 0) is 11.2 Å². The highest BCUT2D eigenvalue weighted by Gasteiger charge is 2.37. The van der Waals surface area contributed by atoms with E-state index in [9.17, 15) is 5.11 Å². The van der Waals surface area contributed by atoms with Gasteiger partial charge >= 0.3 is 0 Å². The van der Waals surface area contributed by atoms with Gasteiger partial charge in [-0.05, 0) is 30.7 Å². The van der Waals surface area contributed by atoms with Crippen molar-refractivity contribution in [3.8, 4) is 0 Å². The predicted molar refractivity (Wildman–Crippen MR) is 89.9 cm³/mol. The third-order valence-electron chi connectivity index (χ3n) is 4.06. The van der Waals surface area contributed by atoms with E-state index in [4.69, 9.17) is 16.3 Å². The first-order valence-electron chi connectivity index (χ1n) is 7.64. The number of halogens is 1. The lowest BCUT2D eigenvalue weighted by atomic mass is 9.93. The SMILES string of the molecule is Cc1nccc(N2CCO[C@](CO)(Cc3ccc(Cl)cc3)C2)n1. The standard InChI is InChI=1S/C17H20ClN3O2/c1-13-19-7-6-16(20-13)21-8-9-23-17(11-21,12-22)10-14-2-4-15(18)5-3-14/h2-7,22H,8-12H2,1H3/t17-/m1/s1. The number of nitrogens with zero attached hydrogens (tertiary/aromatic N) is 3. The summed E-state index contributed by atoms with van der Waals surface area (Å²) in [6.07, 6.45) is 2.38. The quantitative estimate of drug-likeness (QED) is 0.930. The largest absolute Gasteiger partial charge is 0.393 e. The molecule has 0 unspecified atom stereocenters. The summed E-state index contributed by atoms with van der Waals surface area (Å²) >= 11 is 5.94. The van der Waals surface area contributed by atoms with E-state index >= 15 is 0 Å². The number of anilines is 1. The molecule has 0 saturated carbocycles. The summed E-state index contributed by atoms with van der Waals surface area (Å²) in [6, 6.07) is 9.54. The first-order valence-corrected chi connectivity index (χ1v) is 8.02. The molecule has 1 aromatic heterocycles. The van der Waals surface area contributed by atoms with Crippen LogP contribution in [0.15, 0.2) is 36.5 Å². The smallest absolute Gasteiger partial charge is 0.132 e. The molecule has 23 heavy (non-hydrogen) atoms. The van der Waals surface area contributed by atoms with Crippen molar-refractivity contribution < 1.29 is 9.84 Å². The fourth-order valence-corrected chi connectivity index (χ4v) is 3.02. The molecule has 1 N–H and O–H groups in total. The minimum absolute atomic E-state index is 0.0454. The van der Waals surface area contributed by atoms with E-state index in [2.05, 4.69) is 14.9 Å². The maximum atomic E-state index is 9.97. The lowest BCUT2D eigenvalue weighted by Crippen LogP contribution is -2.55. The molecule has 1 atom stereocenters. The number of aliphatic hydroxyl groups excluding tert-OH is 1. The van der Waals surface area contributed by atoms with E-state index in [1.807, 2.05) is 37.3 Å². The Bertz CT molecular complexity index is 665. The predicted octanol–water partition coefficient (Wildman–Crippen LogP) is 2.25. The van der Waals surface area contributed by atoms with E-state index in [1.165, 1.54) is 0 Å². The Morgan fingerprint density at radius 1 is 1.30 bits per heavy atom. The molecule has 3 rings (SSSR count). The van der Waals surface area contributed by atoms with Gasteiger partial charge < -0.3 is 14.7 Å². The molecular formula is C17H20ClN3O2. The lowest BCUT2D eigenvalue weighted by molar-refractivity contribution is -0.0869. The Morgan fingerprint density at radius 3 is 2.78 bits per heavy atom. The third-order valence-corrected chi connectivity index (χ3v) is 4.31. The van der Waals surface area contributed by atoms with Crippen LogP contribution in [0.3, 0.4) is 0 Å². The van der Waals surface area contributed by atoms with Gasteiger partial charge in [0, 0.05) is 24.2 Å². The Labute approximate surface area is 140 Å². The number of hydrogen-bond donors (Lipinski definition) is 1. The molecule has 2 aromatic rings. The molecule has 1 aromatic carbocycles. The first kappa shape index (κ1) is 16.2. The summed E-state index contributed by atoms with van der Waals surface area (Å²) in [4.78, 5) is 10.8. The highest BCUT2D eigenvalue weighted by Crippen LogP contribution is 2.26. The molecule has 2 heterocycles. The van der Waals surface area contributed by atoms with Gasteiger partial charge in [0.15, 0.2) is 0 Å². The lowest BCUT2D eigenvalue weighted by Gasteiger charge is -2.42. The van der Waals surface area contributed by atoms with Gasteiger partial charge in [0.25, 0.3) is 0 Å². The molecule has 0 amide bonds. The molecule has 1 aliphatic heterocycles. The zero-order valence-corrected chi connectivity index (χ0v) is 13.8. The fourth-order valence-electron chi connectivity index (χ4n) is 2.89. The molecule has 1 saturated heterocycles. The van der Waals surface area contributed by atoms with Crippen LogP contribution in [0.4, 0.5) is 5.82 Å². The van der Waals surface area contributed by atoms with Gasteiger partial charge in [-0.2, -0.15) is 0 Å². The van der Waals surface area contributed by atoms with Crippen LogP contribution < -0.4 is 4.90 Å². The van der Waals surface area contributed by atoms with Crippen LogP contribution in [0.25, 0.3) is 0 Å². The first-order chi connectivity index (χ1) is 11.1. The van der Waals surface area contributed by atoms with Crippen LogP contribution in [0.1, 0.15) is 11.4 Å². The molecule has 6 heteroatoms. The Morgan fingerprint density at radius 2 is 2.09 bits per heavy atom. The number of morpholine rings is 1. The third kappa shape index (κ3) is 3.80. The Kier molecular flexibility index (Phi) is 4.80. The molecule has 0 aliphatic carbocycles. The van der Waals surface area contributed by atoms with Crippen molar-refractivity contribution in [2.75, 3.05) is 31.2 Å². The minimum Gasteiger partial charge on any atom is -0.393 e. The maximum Gasteiger partial charge on any atom is 0.132 e. The number of benzene rings is 1. The van der Waals surface area contributed by atoms with Crippen molar-refractivity contribution in [2.24, 2.45) is 0 Å². The van der Waals surface area contributed by atoms with Crippen LogP contribution >= 0.6 is 11.6 Å². The van der Waals surface area contributed by atoms with Crippen LogP contribution in [0, 0.1) is 6.92 Å². The molecular weight excluding hydrogens is 314 g/mol. The molecule has 0 spiro atoms. The molecule has 0 radical (unpaired) electrons. The molecule has 1 fully saturated rings. The molecule has 122 valence electrons.